The van der Waals surface area contributed by atoms with E-state index in [4.69, 9.17) is 10.2 Å². The van der Waals surface area contributed by atoms with E-state index in [2.05, 4.69) is 31.1 Å². The summed E-state index contributed by atoms with van der Waals surface area (Å²) in [4.78, 5) is 4.27. The number of aromatic hydroxyl groups is 1. The van der Waals surface area contributed by atoms with E-state index in [-0.39, 0.29) is 5.75 Å². The van der Waals surface area contributed by atoms with Crippen molar-refractivity contribution in [3.05, 3.63) is 35.0 Å². The van der Waals surface area contributed by atoms with Gasteiger partial charge in [0.25, 0.3) is 0 Å². The Morgan fingerprint density at radius 1 is 1.26 bits per heavy atom. The predicted molar refractivity (Wildman–Crippen MR) is 73.3 cm³/mol. The molecule has 4 N–H and O–H groups in total. The van der Waals surface area contributed by atoms with Crippen molar-refractivity contribution in [3.63, 3.8) is 0 Å². The maximum atomic E-state index is 9.79. The van der Waals surface area contributed by atoms with Crippen LogP contribution in [-0.4, -0.2) is 20.3 Å². The Morgan fingerprint density at radius 3 is 2.84 bits per heavy atom. The molecule has 0 saturated carbocycles. The molecule has 2 heterocycles. The number of benzene rings is 1. The van der Waals surface area contributed by atoms with Crippen molar-refractivity contribution in [2.24, 2.45) is 0 Å². The zero-order chi connectivity index (χ0) is 13.4. The standard InChI is InChI=1S/C12H9BrN4O2/c13-10-4-3-9(19-10)12-15-11(16-17-12)7-5-6(14)1-2-8(7)18/h1-5,18H,14H2,(H,15,16,17). The highest BCUT2D eigenvalue weighted by Gasteiger charge is 2.13. The topological polar surface area (TPSA) is 101 Å². The van der Waals surface area contributed by atoms with Crippen molar-refractivity contribution < 1.29 is 9.52 Å². The molecule has 3 aromatic rings. The Bertz CT molecular complexity index is 735. The van der Waals surface area contributed by atoms with Crippen LogP contribution < -0.4 is 5.73 Å². The maximum absolute atomic E-state index is 9.79. The number of H-pyrrole nitrogens is 1. The number of nitrogens with two attached hydrogens (primary N) is 1. The summed E-state index contributed by atoms with van der Waals surface area (Å²) in [6.45, 7) is 0. The molecule has 3 rings (SSSR count). The van der Waals surface area contributed by atoms with Gasteiger partial charge in [0.2, 0.25) is 0 Å². The normalized spacial score (nSPS) is 10.8. The summed E-state index contributed by atoms with van der Waals surface area (Å²) in [5, 5.41) is 16.6. The molecule has 2 aromatic heterocycles. The van der Waals surface area contributed by atoms with E-state index >= 15 is 0 Å². The molecular formula is C12H9BrN4O2. The lowest BCUT2D eigenvalue weighted by molar-refractivity contribution is 0.477. The van der Waals surface area contributed by atoms with Crippen molar-refractivity contribution in [3.8, 4) is 28.7 Å². The van der Waals surface area contributed by atoms with Crippen LogP contribution in [0.25, 0.3) is 23.0 Å². The quantitative estimate of drug-likeness (QED) is 0.498. The minimum absolute atomic E-state index is 0.0698. The number of rotatable bonds is 2. The van der Waals surface area contributed by atoms with E-state index in [9.17, 15) is 5.11 Å². The van der Waals surface area contributed by atoms with E-state index in [1.165, 1.54) is 6.07 Å². The first-order valence-electron chi connectivity index (χ1n) is 5.40. The van der Waals surface area contributed by atoms with Gasteiger partial charge in [0.05, 0.1) is 5.56 Å². The number of nitrogens with one attached hydrogen (secondary N) is 1. The summed E-state index contributed by atoms with van der Waals surface area (Å²) in [5.41, 5.74) is 6.68. The van der Waals surface area contributed by atoms with Crippen LogP contribution in [0.2, 0.25) is 0 Å². The molecule has 6 nitrogen and oxygen atoms in total. The Morgan fingerprint density at radius 2 is 2.11 bits per heavy atom. The van der Waals surface area contributed by atoms with Gasteiger partial charge in [-0.3, -0.25) is 5.10 Å². The highest BCUT2D eigenvalue weighted by atomic mass is 79.9. The van der Waals surface area contributed by atoms with Gasteiger partial charge in [0.15, 0.2) is 22.1 Å². The molecule has 0 saturated heterocycles. The predicted octanol–water partition coefficient (Wildman–Crippen LogP) is 2.78. The average Bonchev–Trinajstić information content (AvgIpc) is 3.00. The Labute approximate surface area is 116 Å². The fraction of sp³-hybridized carbons (Fsp3) is 0. The van der Waals surface area contributed by atoms with Gasteiger partial charge in [-0.25, -0.2) is 4.98 Å². The number of phenolic OH excluding ortho intramolecular Hbond substituents is 1. The average molecular weight is 321 g/mol. The van der Waals surface area contributed by atoms with Crippen molar-refractivity contribution in [1.82, 2.24) is 15.2 Å². The number of phenols is 1. The van der Waals surface area contributed by atoms with Crippen LogP contribution in [0.4, 0.5) is 5.69 Å². The zero-order valence-electron chi connectivity index (χ0n) is 9.59. The number of nitrogen functional groups attached to an aromatic ring is 1. The number of anilines is 1. The summed E-state index contributed by atoms with van der Waals surface area (Å²) in [6.07, 6.45) is 0. The molecule has 0 aliphatic rings. The SMILES string of the molecule is Nc1ccc(O)c(-c2n[nH]c(-c3ccc(Br)o3)n2)c1. The van der Waals surface area contributed by atoms with Crippen molar-refractivity contribution in [1.29, 1.82) is 0 Å². The van der Waals surface area contributed by atoms with Crippen LogP contribution in [0.5, 0.6) is 5.75 Å². The van der Waals surface area contributed by atoms with Crippen LogP contribution in [0.3, 0.4) is 0 Å². The molecule has 19 heavy (non-hydrogen) atoms. The Kier molecular flexibility index (Phi) is 2.75. The second kappa shape index (κ2) is 4.43. The van der Waals surface area contributed by atoms with E-state index < -0.39 is 0 Å². The molecule has 7 heteroatoms. The second-order valence-corrected chi connectivity index (χ2v) is 4.67. The van der Waals surface area contributed by atoms with Crippen LogP contribution in [0, 0.1) is 0 Å². The first-order chi connectivity index (χ1) is 9.13. The van der Waals surface area contributed by atoms with E-state index in [1.807, 2.05) is 0 Å². The fourth-order valence-corrected chi connectivity index (χ4v) is 1.97. The fourth-order valence-electron chi connectivity index (χ4n) is 1.67. The highest BCUT2D eigenvalue weighted by molar-refractivity contribution is 9.10. The van der Waals surface area contributed by atoms with Gasteiger partial charge in [0, 0.05) is 5.69 Å². The zero-order valence-corrected chi connectivity index (χ0v) is 11.2. The minimum Gasteiger partial charge on any atom is -0.507 e. The molecule has 1 aromatic carbocycles. The number of nitrogens with zero attached hydrogens (tertiary/aromatic N) is 2. The molecule has 0 spiro atoms. The summed E-state index contributed by atoms with van der Waals surface area (Å²) in [7, 11) is 0. The molecule has 0 unspecified atom stereocenters. The third kappa shape index (κ3) is 2.19. The van der Waals surface area contributed by atoms with Gasteiger partial charge < -0.3 is 15.3 Å². The second-order valence-electron chi connectivity index (χ2n) is 3.89. The monoisotopic (exact) mass is 320 g/mol. The largest absolute Gasteiger partial charge is 0.507 e. The van der Waals surface area contributed by atoms with Crippen LogP contribution in [0.15, 0.2) is 39.4 Å². The molecule has 96 valence electrons. The number of halogens is 1. The summed E-state index contributed by atoms with van der Waals surface area (Å²) in [6, 6.07) is 8.24. The lowest BCUT2D eigenvalue weighted by Crippen LogP contribution is -1.87. The molecule has 0 bridgehead atoms. The molecule has 0 radical (unpaired) electrons. The molecular weight excluding hydrogens is 312 g/mol. The number of furan rings is 1. The van der Waals surface area contributed by atoms with Crippen molar-refractivity contribution in [2.75, 3.05) is 5.73 Å². The van der Waals surface area contributed by atoms with Crippen LogP contribution >= 0.6 is 15.9 Å². The molecule has 0 amide bonds. The first-order valence-corrected chi connectivity index (χ1v) is 6.20. The van der Waals surface area contributed by atoms with Gasteiger partial charge in [-0.2, -0.15) is 5.10 Å². The minimum atomic E-state index is 0.0698. The lowest BCUT2D eigenvalue weighted by atomic mass is 10.1. The molecule has 0 atom stereocenters. The number of hydrogen-bond donors (Lipinski definition) is 3. The van der Waals surface area contributed by atoms with Crippen molar-refractivity contribution in [2.45, 2.75) is 0 Å². The van der Waals surface area contributed by atoms with Gasteiger partial charge in [-0.05, 0) is 46.3 Å². The van der Waals surface area contributed by atoms with Gasteiger partial charge >= 0.3 is 0 Å². The maximum Gasteiger partial charge on any atom is 0.192 e. The first kappa shape index (κ1) is 11.8. The Balaban J connectivity index is 2.03. The van der Waals surface area contributed by atoms with Crippen LogP contribution in [-0.2, 0) is 0 Å². The smallest absolute Gasteiger partial charge is 0.192 e. The van der Waals surface area contributed by atoms with Gasteiger partial charge in [-0.15, -0.1) is 0 Å². The number of aromatic nitrogens is 3. The third-order valence-electron chi connectivity index (χ3n) is 2.55. The van der Waals surface area contributed by atoms with E-state index in [0.717, 1.165) is 0 Å². The van der Waals surface area contributed by atoms with E-state index in [0.29, 0.717) is 33.3 Å². The number of hydrogen-bond acceptors (Lipinski definition) is 5. The summed E-state index contributed by atoms with van der Waals surface area (Å²) >= 11 is 3.22. The molecule has 0 fully saturated rings. The highest BCUT2D eigenvalue weighted by Crippen LogP contribution is 2.30. The summed E-state index contributed by atoms with van der Waals surface area (Å²) < 4.78 is 5.97. The van der Waals surface area contributed by atoms with Gasteiger partial charge in [-0.1, -0.05) is 0 Å². The van der Waals surface area contributed by atoms with Crippen LogP contribution in [0.1, 0.15) is 0 Å². The van der Waals surface area contributed by atoms with Crippen molar-refractivity contribution >= 4 is 21.6 Å². The lowest BCUT2D eigenvalue weighted by Gasteiger charge is -2.00. The molecule has 0 aliphatic heterocycles. The van der Waals surface area contributed by atoms with E-state index in [1.54, 1.807) is 24.3 Å². The summed E-state index contributed by atoms with van der Waals surface area (Å²) in [5.74, 6) is 1.45. The number of aromatic amines is 1. The Hall–Kier alpha value is -2.28. The molecule has 0 aliphatic carbocycles. The van der Waals surface area contributed by atoms with Gasteiger partial charge in [0.1, 0.15) is 5.75 Å². The third-order valence-corrected chi connectivity index (χ3v) is 2.98.